The summed E-state index contributed by atoms with van der Waals surface area (Å²) in [5.74, 6) is -0.259. The quantitative estimate of drug-likeness (QED) is 0.462. The van der Waals surface area contributed by atoms with E-state index in [1.807, 2.05) is 0 Å². The minimum Gasteiger partial charge on any atom is -0.465 e. The van der Waals surface area contributed by atoms with Crippen LogP contribution in [-0.4, -0.2) is 18.4 Å². The predicted molar refractivity (Wildman–Crippen MR) is 44.9 cm³/mol. The van der Waals surface area contributed by atoms with Crippen LogP contribution in [0.1, 0.15) is 26.2 Å². The Balaban J connectivity index is 3.52. The van der Waals surface area contributed by atoms with Gasteiger partial charge in [0.2, 0.25) is 0 Å². The Morgan fingerprint density at radius 3 is 2.60 bits per heavy atom. The summed E-state index contributed by atoms with van der Waals surface area (Å²) in [6, 6.07) is 0. The van der Waals surface area contributed by atoms with Gasteiger partial charge in [0.15, 0.2) is 0 Å². The van der Waals surface area contributed by atoms with Crippen LogP contribution in [0.3, 0.4) is 0 Å². The third-order valence-electron chi connectivity index (χ3n) is 1.21. The zero-order valence-corrected chi connectivity index (χ0v) is 7.44. The zero-order valence-electron chi connectivity index (χ0n) is 6.44. The van der Waals surface area contributed by atoms with E-state index in [0.29, 0.717) is 5.29 Å². The fourth-order valence-corrected chi connectivity index (χ4v) is 0.858. The Bertz CT molecular complexity index is 132. The molecule has 0 rings (SSSR count). The van der Waals surface area contributed by atoms with E-state index in [9.17, 15) is 4.79 Å². The van der Waals surface area contributed by atoms with Gasteiger partial charge in [0.1, 0.15) is 0 Å². The molecule has 0 aromatic heterocycles. The van der Waals surface area contributed by atoms with Gasteiger partial charge in [-0.15, -0.1) is 8.86 Å². The number of carbonyl (C=O) groups is 1. The number of rotatable bonds is 4. The molecule has 0 aromatic carbocycles. The molecule has 2 nitrogen and oxygen atoms in total. The molecular formula is C7H13O2P. The maximum Gasteiger partial charge on any atom is 0.337 e. The van der Waals surface area contributed by atoms with E-state index >= 15 is 0 Å². The van der Waals surface area contributed by atoms with Crippen molar-refractivity contribution in [3.05, 3.63) is 0 Å². The van der Waals surface area contributed by atoms with Gasteiger partial charge in [-0.1, -0.05) is 13.3 Å². The molecule has 0 saturated carbocycles. The Kier molecular flexibility index (Phi) is 5.23. The number of hydrogen-bond acceptors (Lipinski definition) is 2. The van der Waals surface area contributed by atoms with Crippen molar-refractivity contribution in [1.29, 1.82) is 0 Å². The Hall–Kier alpha value is -0.360. The zero-order chi connectivity index (χ0) is 7.98. The Morgan fingerprint density at radius 1 is 1.60 bits per heavy atom. The molecule has 0 aromatic rings. The SMILES string of the molecule is CCCCC(=P)C(=O)OC. The van der Waals surface area contributed by atoms with Gasteiger partial charge < -0.3 is 4.74 Å². The molecule has 0 bridgehead atoms. The third kappa shape index (κ3) is 3.62. The van der Waals surface area contributed by atoms with Gasteiger partial charge in [-0.2, -0.15) is 0 Å². The summed E-state index contributed by atoms with van der Waals surface area (Å²) in [6.07, 6.45) is 2.89. The molecule has 10 heavy (non-hydrogen) atoms. The van der Waals surface area contributed by atoms with Crippen LogP contribution in [0, 0.1) is 0 Å². The lowest BCUT2D eigenvalue weighted by Crippen LogP contribution is -2.12. The Labute approximate surface area is 63.8 Å². The average molecular weight is 160 g/mol. The molecule has 0 heterocycles. The first-order chi connectivity index (χ1) is 4.72. The second-order valence-corrected chi connectivity index (χ2v) is 2.68. The number of unbranched alkanes of at least 4 members (excludes halogenated alkanes) is 1. The normalized spacial score (nSPS) is 9.00. The van der Waals surface area contributed by atoms with Crippen molar-refractivity contribution < 1.29 is 9.53 Å². The van der Waals surface area contributed by atoms with Gasteiger partial charge in [-0.25, -0.2) is 4.79 Å². The number of hydrogen-bond donors (Lipinski definition) is 0. The molecule has 0 aliphatic carbocycles. The van der Waals surface area contributed by atoms with Crippen LogP contribution < -0.4 is 0 Å². The van der Waals surface area contributed by atoms with Crippen LogP contribution >= 0.6 is 8.86 Å². The van der Waals surface area contributed by atoms with E-state index in [1.165, 1.54) is 7.11 Å². The van der Waals surface area contributed by atoms with Crippen molar-refractivity contribution >= 4 is 20.1 Å². The fraction of sp³-hybridized carbons (Fsp3) is 0.714. The number of ether oxygens (including phenoxy) is 1. The molecule has 0 N–H and O–H groups in total. The lowest BCUT2D eigenvalue weighted by molar-refractivity contribution is -0.132. The summed E-state index contributed by atoms with van der Waals surface area (Å²) in [7, 11) is 4.58. The maximum atomic E-state index is 10.7. The molecule has 0 atom stereocenters. The van der Waals surface area contributed by atoms with E-state index in [4.69, 9.17) is 0 Å². The summed E-state index contributed by atoms with van der Waals surface area (Å²) >= 11 is 0. The van der Waals surface area contributed by atoms with Crippen molar-refractivity contribution in [3.8, 4) is 0 Å². The van der Waals surface area contributed by atoms with E-state index in [0.717, 1.165) is 19.3 Å². The predicted octanol–water partition coefficient (Wildman–Crippen LogP) is 1.66. The minimum atomic E-state index is -0.259. The van der Waals surface area contributed by atoms with Crippen molar-refractivity contribution in [2.45, 2.75) is 26.2 Å². The molecule has 0 spiro atoms. The Morgan fingerprint density at radius 2 is 2.20 bits per heavy atom. The molecule has 0 unspecified atom stereocenters. The van der Waals surface area contributed by atoms with E-state index in [2.05, 4.69) is 20.5 Å². The van der Waals surface area contributed by atoms with Gasteiger partial charge in [-0.05, 0) is 12.8 Å². The molecule has 0 aliphatic heterocycles. The van der Waals surface area contributed by atoms with E-state index in [1.54, 1.807) is 0 Å². The highest BCUT2D eigenvalue weighted by Crippen LogP contribution is 1.99. The summed E-state index contributed by atoms with van der Waals surface area (Å²) in [5.41, 5.74) is 0. The van der Waals surface area contributed by atoms with Crippen LogP contribution in [0.15, 0.2) is 0 Å². The average Bonchev–Trinajstić information content (AvgIpc) is 1.98. The molecule has 3 heteroatoms. The summed E-state index contributed by atoms with van der Waals surface area (Å²) in [6.45, 7) is 2.08. The summed E-state index contributed by atoms with van der Waals surface area (Å²) in [5, 5.41) is 0.629. The van der Waals surface area contributed by atoms with Crippen LogP contribution in [-0.2, 0) is 9.53 Å². The number of esters is 1. The van der Waals surface area contributed by atoms with E-state index < -0.39 is 0 Å². The topological polar surface area (TPSA) is 26.3 Å². The second kappa shape index (κ2) is 5.43. The largest absolute Gasteiger partial charge is 0.465 e. The highest BCUT2D eigenvalue weighted by Gasteiger charge is 2.04. The van der Waals surface area contributed by atoms with Gasteiger partial charge in [0.05, 0.1) is 12.4 Å². The smallest absolute Gasteiger partial charge is 0.337 e. The van der Waals surface area contributed by atoms with Crippen LogP contribution in [0.4, 0.5) is 0 Å². The van der Waals surface area contributed by atoms with Gasteiger partial charge in [0, 0.05) is 0 Å². The first-order valence-corrected chi connectivity index (χ1v) is 3.88. The second-order valence-electron chi connectivity index (χ2n) is 2.07. The fourth-order valence-electron chi connectivity index (χ4n) is 0.579. The van der Waals surface area contributed by atoms with Crippen molar-refractivity contribution in [3.63, 3.8) is 0 Å². The molecule has 0 amide bonds. The highest BCUT2D eigenvalue weighted by molar-refractivity contribution is 7.25. The molecule has 0 fully saturated rings. The van der Waals surface area contributed by atoms with Crippen molar-refractivity contribution in [2.75, 3.05) is 7.11 Å². The molecule has 0 saturated heterocycles. The standard InChI is InChI=1S/C7H13O2P/c1-3-4-5-6(10)7(8)9-2/h10H,3-5H2,1-2H3. The first-order valence-electron chi connectivity index (χ1n) is 3.38. The lowest BCUT2D eigenvalue weighted by atomic mass is 10.2. The van der Waals surface area contributed by atoms with Gasteiger partial charge >= 0.3 is 5.97 Å². The summed E-state index contributed by atoms with van der Waals surface area (Å²) in [4.78, 5) is 10.7. The van der Waals surface area contributed by atoms with Crippen molar-refractivity contribution in [1.82, 2.24) is 0 Å². The number of carbonyl (C=O) groups excluding carboxylic acids is 1. The van der Waals surface area contributed by atoms with Gasteiger partial charge in [-0.3, -0.25) is 0 Å². The van der Waals surface area contributed by atoms with Crippen LogP contribution in [0.5, 0.6) is 0 Å². The molecule has 58 valence electrons. The minimum absolute atomic E-state index is 0.259. The van der Waals surface area contributed by atoms with Crippen LogP contribution in [0.25, 0.3) is 0 Å². The monoisotopic (exact) mass is 160 g/mol. The van der Waals surface area contributed by atoms with Crippen molar-refractivity contribution in [2.24, 2.45) is 0 Å². The molecule has 0 radical (unpaired) electrons. The number of methoxy groups -OCH3 is 1. The van der Waals surface area contributed by atoms with Crippen LogP contribution in [0.2, 0.25) is 0 Å². The lowest BCUT2D eigenvalue weighted by Gasteiger charge is -1.99. The summed E-state index contributed by atoms with van der Waals surface area (Å²) < 4.78 is 4.48. The molecule has 0 aliphatic rings. The maximum absolute atomic E-state index is 10.7. The van der Waals surface area contributed by atoms with Gasteiger partial charge in [0.25, 0.3) is 0 Å². The third-order valence-corrected chi connectivity index (χ3v) is 1.67. The molecular weight excluding hydrogens is 147 g/mol. The highest BCUT2D eigenvalue weighted by atomic mass is 31.0. The first kappa shape index (κ1) is 9.64. The van der Waals surface area contributed by atoms with E-state index in [-0.39, 0.29) is 5.97 Å².